The van der Waals surface area contributed by atoms with Crippen LogP contribution >= 0.6 is 0 Å². The van der Waals surface area contributed by atoms with Gasteiger partial charge >= 0.3 is 0 Å². The Labute approximate surface area is 85.0 Å². The van der Waals surface area contributed by atoms with Crippen LogP contribution in [-0.4, -0.2) is 23.1 Å². The van der Waals surface area contributed by atoms with Crippen LogP contribution in [0.3, 0.4) is 0 Å². The Morgan fingerprint density at radius 1 is 1.36 bits per heavy atom. The second-order valence-corrected chi connectivity index (χ2v) is 3.91. The molecule has 3 nitrogen and oxygen atoms in total. The van der Waals surface area contributed by atoms with E-state index in [9.17, 15) is 0 Å². The zero-order chi connectivity index (χ0) is 9.80. The van der Waals surface area contributed by atoms with Crippen LogP contribution in [0.15, 0.2) is 12.3 Å². The molecule has 0 bridgehead atoms. The number of hydrogen-bond acceptors (Lipinski definition) is 3. The number of aryl methyl sites for hydroxylation is 1. The molecular weight excluding hydrogens is 174 g/mol. The number of nitrogens with one attached hydrogen (secondary N) is 1. The van der Waals surface area contributed by atoms with Gasteiger partial charge in [-0.05, 0) is 45.3 Å². The highest BCUT2D eigenvalue weighted by atomic mass is 14.9. The van der Waals surface area contributed by atoms with Crippen LogP contribution in [-0.2, 0) is 0 Å². The highest BCUT2D eigenvalue weighted by Gasteiger charge is 2.15. The Balaban J connectivity index is 2.12. The van der Waals surface area contributed by atoms with E-state index in [2.05, 4.69) is 21.4 Å². The van der Waals surface area contributed by atoms with E-state index >= 15 is 0 Å². The number of rotatable bonds is 1. The molecule has 1 unspecified atom stereocenters. The monoisotopic (exact) mass is 191 g/mol. The maximum absolute atomic E-state index is 4.50. The lowest BCUT2D eigenvalue weighted by Gasteiger charge is -2.12. The number of nitrogens with zero attached hydrogens (tertiary/aromatic N) is 2. The van der Waals surface area contributed by atoms with Gasteiger partial charge in [-0.25, -0.2) is 9.97 Å². The maximum atomic E-state index is 4.50. The van der Waals surface area contributed by atoms with Crippen LogP contribution in [0.4, 0.5) is 0 Å². The van der Waals surface area contributed by atoms with Gasteiger partial charge in [0.2, 0.25) is 0 Å². The normalized spacial score (nSPS) is 23.1. The van der Waals surface area contributed by atoms with Crippen molar-refractivity contribution in [3.63, 3.8) is 0 Å². The molecule has 0 amide bonds. The minimum Gasteiger partial charge on any atom is -0.317 e. The summed E-state index contributed by atoms with van der Waals surface area (Å²) in [5.74, 6) is 1.52. The van der Waals surface area contributed by atoms with Gasteiger partial charge in [-0.15, -0.1) is 0 Å². The zero-order valence-electron chi connectivity index (χ0n) is 8.66. The van der Waals surface area contributed by atoms with Crippen molar-refractivity contribution in [2.24, 2.45) is 0 Å². The van der Waals surface area contributed by atoms with E-state index in [1.54, 1.807) is 0 Å². The average Bonchev–Trinajstić information content (AvgIpc) is 2.45. The fraction of sp³-hybridized carbons (Fsp3) is 0.636. The predicted octanol–water partition coefficient (Wildman–Crippen LogP) is 1.64. The standard InChI is InChI=1S/C11H17N3/c1-9-13-8-5-11(14-9)10-3-2-6-12-7-4-10/h5,8,10,12H,2-4,6-7H2,1H3. The van der Waals surface area contributed by atoms with Crippen LogP contribution in [0.1, 0.15) is 36.7 Å². The van der Waals surface area contributed by atoms with E-state index < -0.39 is 0 Å². The molecule has 2 heterocycles. The highest BCUT2D eigenvalue weighted by Crippen LogP contribution is 2.23. The Hall–Kier alpha value is -0.960. The summed E-state index contributed by atoms with van der Waals surface area (Å²) < 4.78 is 0. The smallest absolute Gasteiger partial charge is 0.125 e. The molecule has 76 valence electrons. The molecule has 1 saturated heterocycles. The number of hydrogen-bond donors (Lipinski definition) is 1. The van der Waals surface area contributed by atoms with Crippen molar-refractivity contribution < 1.29 is 0 Å². The summed E-state index contributed by atoms with van der Waals surface area (Å²) in [4.78, 5) is 8.63. The first-order chi connectivity index (χ1) is 6.86. The van der Waals surface area contributed by atoms with Gasteiger partial charge in [0.05, 0.1) is 0 Å². The van der Waals surface area contributed by atoms with Gasteiger partial charge in [-0.3, -0.25) is 0 Å². The van der Waals surface area contributed by atoms with E-state index in [0.29, 0.717) is 5.92 Å². The first-order valence-corrected chi connectivity index (χ1v) is 5.36. The first kappa shape index (κ1) is 9.59. The van der Waals surface area contributed by atoms with Crippen molar-refractivity contribution in [3.8, 4) is 0 Å². The van der Waals surface area contributed by atoms with E-state index in [0.717, 1.165) is 18.9 Å². The largest absolute Gasteiger partial charge is 0.317 e. The first-order valence-electron chi connectivity index (χ1n) is 5.36. The molecule has 1 atom stereocenters. The summed E-state index contributed by atoms with van der Waals surface area (Å²) in [7, 11) is 0. The summed E-state index contributed by atoms with van der Waals surface area (Å²) in [5.41, 5.74) is 1.22. The van der Waals surface area contributed by atoms with Crippen LogP contribution in [0.2, 0.25) is 0 Å². The van der Waals surface area contributed by atoms with E-state index in [1.165, 1.54) is 25.0 Å². The molecule has 1 N–H and O–H groups in total. The Bertz CT molecular complexity index is 290. The minimum atomic E-state index is 0.631. The maximum Gasteiger partial charge on any atom is 0.125 e. The Morgan fingerprint density at radius 3 is 3.14 bits per heavy atom. The van der Waals surface area contributed by atoms with Gasteiger partial charge in [0.25, 0.3) is 0 Å². The van der Waals surface area contributed by atoms with E-state index in [4.69, 9.17) is 0 Å². The zero-order valence-corrected chi connectivity index (χ0v) is 8.66. The summed E-state index contributed by atoms with van der Waals surface area (Å²) in [6.45, 7) is 4.23. The number of aromatic nitrogens is 2. The second-order valence-electron chi connectivity index (χ2n) is 3.91. The Morgan fingerprint density at radius 2 is 2.29 bits per heavy atom. The molecule has 0 aromatic carbocycles. The third kappa shape index (κ3) is 2.29. The topological polar surface area (TPSA) is 37.8 Å². The van der Waals surface area contributed by atoms with Crippen molar-refractivity contribution in [2.45, 2.75) is 32.1 Å². The summed E-state index contributed by atoms with van der Waals surface area (Å²) in [6.07, 6.45) is 5.59. The summed E-state index contributed by atoms with van der Waals surface area (Å²) >= 11 is 0. The molecule has 0 radical (unpaired) electrons. The second kappa shape index (κ2) is 4.51. The molecule has 1 aliphatic rings. The van der Waals surface area contributed by atoms with Crippen LogP contribution in [0, 0.1) is 6.92 Å². The lowest BCUT2D eigenvalue weighted by molar-refractivity contribution is 0.590. The molecule has 0 spiro atoms. The molecule has 3 heteroatoms. The van der Waals surface area contributed by atoms with Crippen molar-refractivity contribution in [1.29, 1.82) is 0 Å². The Kier molecular flexibility index (Phi) is 3.09. The van der Waals surface area contributed by atoms with Crippen LogP contribution in [0.5, 0.6) is 0 Å². The fourth-order valence-electron chi connectivity index (χ4n) is 2.02. The van der Waals surface area contributed by atoms with Crippen LogP contribution < -0.4 is 5.32 Å². The van der Waals surface area contributed by atoms with E-state index in [-0.39, 0.29) is 0 Å². The van der Waals surface area contributed by atoms with Crippen molar-refractivity contribution in [2.75, 3.05) is 13.1 Å². The van der Waals surface area contributed by atoms with E-state index in [1.807, 2.05) is 13.1 Å². The molecule has 1 aliphatic heterocycles. The predicted molar refractivity (Wildman–Crippen MR) is 56.2 cm³/mol. The molecular formula is C11H17N3. The summed E-state index contributed by atoms with van der Waals surface area (Å²) in [6, 6.07) is 2.06. The highest BCUT2D eigenvalue weighted by molar-refractivity contribution is 5.08. The molecule has 14 heavy (non-hydrogen) atoms. The van der Waals surface area contributed by atoms with Gasteiger partial charge in [0.15, 0.2) is 0 Å². The van der Waals surface area contributed by atoms with Gasteiger partial charge in [-0.1, -0.05) is 0 Å². The van der Waals surface area contributed by atoms with Gasteiger partial charge < -0.3 is 5.32 Å². The van der Waals surface area contributed by atoms with Crippen LogP contribution in [0.25, 0.3) is 0 Å². The lowest BCUT2D eigenvalue weighted by atomic mass is 9.97. The average molecular weight is 191 g/mol. The van der Waals surface area contributed by atoms with Gasteiger partial charge in [0.1, 0.15) is 5.82 Å². The molecule has 1 fully saturated rings. The molecule has 0 aliphatic carbocycles. The molecule has 1 aromatic rings. The van der Waals surface area contributed by atoms with Gasteiger partial charge in [-0.2, -0.15) is 0 Å². The molecule has 0 saturated carbocycles. The third-order valence-corrected chi connectivity index (χ3v) is 2.79. The van der Waals surface area contributed by atoms with Crippen molar-refractivity contribution in [1.82, 2.24) is 15.3 Å². The summed E-state index contributed by atoms with van der Waals surface area (Å²) in [5, 5.41) is 3.42. The molecule has 1 aromatic heterocycles. The lowest BCUT2D eigenvalue weighted by Crippen LogP contribution is -2.14. The quantitative estimate of drug-likeness (QED) is 0.733. The molecule has 2 rings (SSSR count). The fourth-order valence-corrected chi connectivity index (χ4v) is 2.02. The minimum absolute atomic E-state index is 0.631. The SMILES string of the molecule is Cc1nccc(C2CCCNCC2)n1. The van der Waals surface area contributed by atoms with Gasteiger partial charge in [0, 0.05) is 17.8 Å². The third-order valence-electron chi connectivity index (χ3n) is 2.79. The van der Waals surface area contributed by atoms with Crippen molar-refractivity contribution >= 4 is 0 Å². The van der Waals surface area contributed by atoms with Crippen molar-refractivity contribution in [3.05, 3.63) is 23.8 Å².